The second kappa shape index (κ2) is 8.74. The molecule has 114 valence electrons. The van der Waals surface area contributed by atoms with E-state index in [0.29, 0.717) is 5.56 Å². The van der Waals surface area contributed by atoms with Gasteiger partial charge in [-0.3, -0.25) is 0 Å². The Morgan fingerprint density at radius 2 is 1.41 bits per heavy atom. The molecule has 2 aromatic carbocycles. The zero-order chi connectivity index (χ0) is 15.6. The molecular weight excluding hydrogens is 300 g/mol. The van der Waals surface area contributed by atoms with Crippen molar-refractivity contribution >= 4 is 25.1 Å². The Balaban J connectivity index is 1.66. The zero-order valence-electron chi connectivity index (χ0n) is 11.8. The molecule has 0 aliphatic carbocycles. The SMILES string of the molecule is Oc1ccccc1/C=N/OCCO/N=C/c1ccccc1S. The largest absolute Gasteiger partial charge is 0.507 e. The lowest BCUT2D eigenvalue weighted by atomic mass is 10.2. The average Bonchev–Trinajstić information content (AvgIpc) is 2.53. The fourth-order valence-electron chi connectivity index (χ4n) is 1.56. The molecule has 1 N–H and O–H groups in total. The van der Waals surface area contributed by atoms with Crippen molar-refractivity contribution in [3.05, 3.63) is 59.7 Å². The number of oxime groups is 2. The van der Waals surface area contributed by atoms with E-state index in [4.69, 9.17) is 9.68 Å². The number of thiol groups is 1. The highest BCUT2D eigenvalue weighted by Crippen LogP contribution is 2.12. The topological polar surface area (TPSA) is 63.4 Å². The molecule has 0 saturated carbocycles. The van der Waals surface area contributed by atoms with Crippen molar-refractivity contribution in [1.82, 2.24) is 0 Å². The van der Waals surface area contributed by atoms with E-state index in [1.807, 2.05) is 24.3 Å². The highest BCUT2D eigenvalue weighted by molar-refractivity contribution is 7.80. The lowest BCUT2D eigenvalue weighted by Crippen LogP contribution is -1.98. The first-order valence-electron chi connectivity index (χ1n) is 6.64. The first-order valence-corrected chi connectivity index (χ1v) is 7.09. The third kappa shape index (κ3) is 5.14. The van der Waals surface area contributed by atoms with Crippen LogP contribution in [0.15, 0.2) is 63.7 Å². The van der Waals surface area contributed by atoms with E-state index < -0.39 is 0 Å². The highest BCUT2D eigenvalue weighted by Gasteiger charge is 1.95. The molecule has 0 saturated heterocycles. The van der Waals surface area contributed by atoms with Gasteiger partial charge in [-0.15, -0.1) is 12.6 Å². The average molecular weight is 316 g/mol. The molecule has 0 amide bonds. The second-order valence-corrected chi connectivity index (χ2v) is 4.73. The molecule has 0 aliphatic heterocycles. The maximum atomic E-state index is 9.52. The van der Waals surface area contributed by atoms with Gasteiger partial charge >= 0.3 is 0 Å². The van der Waals surface area contributed by atoms with Crippen molar-refractivity contribution in [3.8, 4) is 5.75 Å². The molecule has 0 radical (unpaired) electrons. The summed E-state index contributed by atoms with van der Waals surface area (Å²) in [6.45, 7) is 0.521. The summed E-state index contributed by atoms with van der Waals surface area (Å²) in [5.41, 5.74) is 1.47. The molecule has 0 atom stereocenters. The van der Waals surface area contributed by atoms with Crippen LogP contribution >= 0.6 is 12.6 Å². The predicted octanol–water partition coefficient (Wildman–Crippen LogP) is 3.08. The summed E-state index contributed by atoms with van der Waals surface area (Å²) in [7, 11) is 0. The Kier molecular flexibility index (Phi) is 6.32. The number of nitrogens with zero attached hydrogens (tertiary/aromatic N) is 2. The number of para-hydroxylation sites is 1. The third-order valence-corrected chi connectivity index (χ3v) is 3.08. The maximum absolute atomic E-state index is 9.52. The minimum Gasteiger partial charge on any atom is -0.507 e. The van der Waals surface area contributed by atoms with E-state index in [9.17, 15) is 5.11 Å². The number of benzene rings is 2. The summed E-state index contributed by atoms with van der Waals surface area (Å²) < 4.78 is 0. The van der Waals surface area contributed by atoms with Gasteiger partial charge in [0.25, 0.3) is 0 Å². The smallest absolute Gasteiger partial charge is 0.153 e. The normalized spacial score (nSPS) is 11.1. The minimum atomic E-state index is 0.154. The lowest BCUT2D eigenvalue weighted by Gasteiger charge is -2.00. The van der Waals surface area contributed by atoms with E-state index >= 15 is 0 Å². The van der Waals surface area contributed by atoms with Crippen LogP contribution in [0, 0.1) is 0 Å². The molecular formula is C16H16N2O3S. The minimum absolute atomic E-state index is 0.154. The number of rotatable bonds is 7. The summed E-state index contributed by atoms with van der Waals surface area (Å²) in [6.07, 6.45) is 3.03. The molecule has 0 heterocycles. The Hall–Kier alpha value is -2.47. The van der Waals surface area contributed by atoms with Crippen LogP contribution in [-0.4, -0.2) is 30.7 Å². The first-order chi connectivity index (χ1) is 10.8. The van der Waals surface area contributed by atoms with Crippen molar-refractivity contribution in [2.45, 2.75) is 4.90 Å². The molecule has 0 bridgehead atoms. The van der Waals surface area contributed by atoms with Crippen LogP contribution in [0.3, 0.4) is 0 Å². The van der Waals surface area contributed by atoms with Crippen LogP contribution in [0.25, 0.3) is 0 Å². The van der Waals surface area contributed by atoms with Gasteiger partial charge in [-0.1, -0.05) is 40.6 Å². The van der Waals surface area contributed by atoms with Crippen LogP contribution in [0.4, 0.5) is 0 Å². The number of phenolic OH excluding ortho intramolecular Hbond substituents is 1. The molecule has 0 unspecified atom stereocenters. The van der Waals surface area contributed by atoms with Crippen LogP contribution in [0.1, 0.15) is 11.1 Å². The van der Waals surface area contributed by atoms with Crippen molar-refractivity contribution in [1.29, 1.82) is 0 Å². The van der Waals surface area contributed by atoms with Crippen molar-refractivity contribution in [3.63, 3.8) is 0 Å². The highest BCUT2D eigenvalue weighted by atomic mass is 32.1. The molecule has 0 fully saturated rings. The second-order valence-electron chi connectivity index (χ2n) is 4.25. The number of hydrogen-bond donors (Lipinski definition) is 2. The van der Waals surface area contributed by atoms with Crippen molar-refractivity contribution in [2.24, 2.45) is 10.3 Å². The molecule has 2 rings (SSSR count). The maximum Gasteiger partial charge on any atom is 0.153 e. The van der Waals surface area contributed by atoms with Gasteiger partial charge < -0.3 is 14.8 Å². The first kappa shape index (κ1) is 15.9. The Morgan fingerprint density at radius 3 is 2.05 bits per heavy atom. The zero-order valence-corrected chi connectivity index (χ0v) is 12.7. The monoisotopic (exact) mass is 316 g/mol. The van der Waals surface area contributed by atoms with Crippen LogP contribution < -0.4 is 0 Å². The number of hydrogen-bond acceptors (Lipinski definition) is 6. The van der Waals surface area contributed by atoms with E-state index in [1.165, 1.54) is 6.21 Å². The molecule has 0 aliphatic rings. The van der Waals surface area contributed by atoms with Crippen molar-refractivity contribution < 1.29 is 14.8 Å². The predicted molar refractivity (Wildman–Crippen MR) is 88.9 cm³/mol. The molecule has 5 nitrogen and oxygen atoms in total. The van der Waals surface area contributed by atoms with Gasteiger partial charge in [0.1, 0.15) is 5.75 Å². The standard InChI is InChI=1S/C16H16N2O3S/c19-15-7-3-1-5-13(15)11-17-20-9-10-21-18-12-14-6-2-4-8-16(14)22/h1-8,11-12,19,22H,9-10H2/b17-11+,18-12+. The Labute approximate surface area is 134 Å². The summed E-state index contributed by atoms with van der Waals surface area (Å²) >= 11 is 4.30. The third-order valence-electron chi connectivity index (χ3n) is 2.67. The molecule has 0 spiro atoms. The number of aromatic hydroxyl groups is 1. The Bertz CT molecular complexity index is 602. The van der Waals surface area contributed by atoms with E-state index in [1.54, 1.807) is 30.5 Å². The summed E-state index contributed by atoms with van der Waals surface area (Å²) in [6, 6.07) is 14.4. The van der Waals surface area contributed by atoms with Gasteiger partial charge in [-0.25, -0.2) is 0 Å². The van der Waals surface area contributed by atoms with E-state index in [2.05, 4.69) is 22.9 Å². The molecule has 2 aromatic rings. The Morgan fingerprint density at radius 1 is 0.864 bits per heavy atom. The van der Waals surface area contributed by atoms with Crippen LogP contribution in [0.5, 0.6) is 5.75 Å². The van der Waals surface area contributed by atoms with Gasteiger partial charge in [-0.2, -0.15) is 0 Å². The molecule has 0 aromatic heterocycles. The van der Waals surface area contributed by atoms with Gasteiger partial charge in [0.15, 0.2) is 13.2 Å². The summed E-state index contributed by atoms with van der Waals surface area (Å²) in [5, 5.41) is 17.1. The molecule has 22 heavy (non-hydrogen) atoms. The van der Waals surface area contributed by atoms with Gasteiger partial charge in [0.2, 0.25) is 0 Å². The fourth-order valence-corrected chi connectivity index (χ4v) is 1.78. The van der Waals surface area contributed by atoms with Crippen LogP contribution in [0.2, 0.25) is 0 Å². The van der Waals surface area contributed by atoms with Crippen molar-refractivity contribution in [2.75, 3.05) is 13.2 Å². The fraction of sp³-hybridized carbons (Fsp3) is 0.125. The van der Waals surface area contributed by atoms with E-state index in [0.717, 1.165) is 10.5 Å². The lowest BCUT2D eigenvalue weighted by molar-refractivity contribution is 0.0553. The van der Waals surface area contributed by atoms with Gasteiger partial charge in [0, 0.05) is 16.0 Å². The molecule has 6 heteroatoms. The summed E-state index contributed by atoms with van der Waals surface area (Å²) in [5.74, 6) is 0.154. The van der Waals surface area contributed by atoms with Crippen LogP contribution in [-0.2, 0) is 9.68 Å². The van der Waals surface area contributed by atoms with E-state index in [-0.39, 0.29) is 19.0 Å². The summed E-state index contributed by atoms with van der Waals surface area (Å²) in [4.78, 5) is 10.9. The van der Waals surface area contributed by atoms with Gasteiger partial charge in [0.05, 0.1) is 12.4 Å². The quantitative estimate of drug-likeness (QED) is 0.357. The van der Waals surface area contributed by atoms with Gasteiger partial charge in [-0.05, 0) is 18.2 Å². The number of phenols is 1.